The first-order valence-corrected chi connectivity index (χ1v) is 10.6. The molecular weight excluding hydrogens is 395 g/mol. The number of hydrogen-bond acceptors (Lipinski definition) is 3. The first-order valence-electron chi connectivity index (χ1n) is 8.03. The van der Waals surface area contributed by atoms with Crippen molar-refractivity contribution in [3.05, 3.63) is 63.6 Å². The number of halogens is 2. The molecule has 2 rings (SSSR count). The van der Waals surface area contributed by atoms with Crippen LogP contribution in [0.1, 0.15) is 29.3 Å². The molecule has 0 aliphatic heterocycles. The number of benzene rings is 2. The van der Waals surface area contributed by atoms with Gasteiger partial charge in [-0.15, -0.1) is 0 Å². The Morgan fingerprint density at radius 1 is 1.12 bits per heavy atom. The first-order chi connectivity index (χ1) is 12.2. The number of carbonyl (C=O) groups excluding carboxylic acids is 1. The first kappa shape index (κ1) is 20.6. The summed E-state index contributed by atoms with van der Waals surface area (Å²) in [5, 5.41) is 3.25. The Balaban J connectivity index is 2.27. The molecule has 26 heavy (non-hydrogen) atoms. The lowest BCUT2D eigenvalue weighted by atomic mass is 10.1. The van der Waals surface area contributed by atoms with Crippen LogP contribution in [0.4, 0.5) is 5.69 Å². The zero-order chi connectivity index (χ0) is 19.3. The van der Waals surface area contributed by atoms with E-state index in [0.717, 1.165) is 18.2 Å². The lowest BCUT2D eigenvalue weighted by Gasteiger charge is -2.24. The van der Waals surface area contributed by atoms with Gasteiger partial charge in [-0.25, -0.2) is 8.42 Å². The fraction of sp³-hybridized carbons (Fsp3) is 0.278. The molecule has 5 nitrogen and oxygen atoms in total. The standard InChI is InChI=1S/C18H20Cl2N2O3S/c1-3-11-21-18(23)14-9-7-13(8-10-14)12-22(26(2,24)25)16-6-4-5-15(19)17(16)20/h4-10H,3,11-12H2,1-2H3,(H,21,23). The molecule has 0 heterocycles. The minimum absolute atomic E-state index is 0.0791. The third kappa shape index (κ3) is 5.13. The molecule has 0 unspecified atom stereocenters. The van der Waals surface area contributed by atoms with Crippen LogP contribution in [0.15, 0.2) is 42.5 Å². The Labute approximate surface area is 164 Å². The fourth-order valence-electron chi connectivity index (χ4n) is 2.33. The van der Waals surface area contributed by atoms with Crippen LogP contribution in [0, 0.1) is 0 Å². The van der Waals surface area contributed by atoms with Crippen molar-refractivity contribution in [2.45, 2.75) is 19.9 Å². The molecule has 140 valence electrons. The molecule has 0 atom stereocenters. The molecule has 0 saturated carbocycles. The number of sulfonamides is 1. The van der Waals surface area contributed by atoms with Crippen molar-refractivity contribution in [3.63, 3.8) is 0 Å². The highest BCUT2D eigenvalue weighted by Gasteiger charge is 2.21. The van der Waals surface area contributed by atoms with E-state index in [0.29, 0.717) is 17.8 Å². The van der Waals surface area contributed by atoms with Crippen molar-refractivity contribution in [2.75, 3.05) is 17.1 Å². The molecule has 0 radical (unpaired) electrons. The second-order valence-corrected chi connectivity index (χ2v) is 8.49. The molecule has 0 bridgehead atoms. The van der Waals surface area contributed by atoms with Gasteiger partial charge in [0.25, 0.3) is 5.91 Å². The van der Waals surface area contributed by atoms with E-state index >= 15 is 0 Å². The molecule has 2 aromatic carbocycles. The van der Waals surface area contributed by atoms with E-state index < -0.39 is 10.0 Å². The van der Waals surface area contributed by atoms with Crippen LogP contribution in [0.2, 0.25) is 10.0 Å². The molecule has 8 heteroatoms. The third-order valence-corrected chi connectivity index (χ3v) is 5.61. The number of rotatable bonds is 7. The van der Waals surface area contributed by atoms with Crippen LogP contribution < -0.4 is 9.62 Å². The van der Waals surface area contributed by atoms with Crippen molar-refractivity contribution in [1.82, 2.24) is 5.32 Å². The average Bonchev–Trinajstić information content (AvgIpc) is 2.60. The zero-order valence-corrected chi connectivity index (χ0v) is 16.8. The number of hydrogen-bond donors (Lipinski definition) is 1. The smallest absolute Gasteiger partial charge is 0.251 e. The lowest BCUT2D eigenvalue weighted by Crippen LogP contribution is -2.29. The van der Waals surface area contributed by atoms with Crippen LogP contribution in [0.5, 0.6) is 0 Å². The van der Waals surface area contributed by atoms with Gasteiger partial charge in [-0.2, -0.15) is 0 Å². The van der Waals surface area contributed by atoms with Crippen molar-refractivity contribution >= 4 is 44.8 Å². The van der Waals surface area contributed by atoms with Crippen LogP contribution in [0.3, 0.4) is 0 Å². The molecule has 0 fully saturated rings. The van der Waals surface area contributed by atoms with Crippen LogP contribution in [-0.4, -0.2) is 27.1 Å². The van der Waals surface area contributed by atoms with Gasteiger partial charge in [0, 0.05) is 12.1 Å². The Morgan fingerprint density at radius 3 is 2.35 bits per heavy atom. The van der Waals surface area contributed by atoms with Gasteiger partial charge in [0.15, 0.2) is 0 Å². The highest BCUT2D eigenvalue weighted by Crippen LogP contribution is 2.34. The van der Waals surface area contributed by atoms with E-state index in [1.54, 1.807) is 42.5 Å². The summed E-state index contributed by atoms with van der Waals surface area (Å²) in [6.07, 6.45) is 1.96. The molecule has 0 aromatic heterocycles. The quantitative estimate of drug-likeness (QED) is 0.741. The maximum Gasteiger partial charge on any atom is 0.251 e. The van der Waals surface area contributed by atoms with Gasteiger partial charge >= 0.3 is 0 Å². The van der Waals surface area contributed by atoms with Gasteiger partial charge in [-0.1, -0.05) is 48.3 Å². The summed E-state index contributed by atoms with van der Waals surface area (Å²) >= 11 is 12.2. The number of amides is 1. The number of carbonyl (C=O) groups is 1. The summed E-state index contributed by atoms with van der Waals surface area (Å²) in [6.45, 7) is 2.66. The normalized spacial score (nSPS) is 11.2. The summed E-state index contributed by atoms with van der Waals surface area (Å²) in [7, 11) is -3.58. The lowest BCUT2D eigenvalue weighted by molar-refractivity contribution is 0.0953. The van der Waals surface area contributed by atoms with Crippen molar-refractivity contribution in [1.29, 1.82) is 0 Å². The molecule has 1 amide bonds. The minimum Gasteiger partial charge on any atom is -0.352 e. The summed E-state index contributed by atoms with van der Waals surface area (Å²) in [5.41, 5.74) is 1.55. The SMILES string of the molecule is CCCNC(=O)c1ccc(CN(c2cccc(Cl)c2Cl)S(C)(=O)=O)cc1. The Bertz CT molecular complexity index is 884. The second kappa shape index (κ2) is 8.75. The van der Waals surface area contributed by atoms with Crippen LogP contribution in [0.25, 0.3) is 0 Å². The van der Waals surface area contributed by atoms with Crippen molar-refractivity contribution < 1.29 is 13.2 Å². The molecule has 0 saturated heterocycles. The summed E-state index contributed by atoms with van der Waals surface area (Å²) in [4.78, 5) is 12.0. The number of anilines is 1. The Morgan fingerprint density at radius 2 is 1.77 bits per heavy atom. The second-order valence-electron chi connectivity index (χ2n) is 5.80. The van der Waals surface area contributed by atoms with Gasteiger partial charge in [0.2, 0.25) is 10.0 Å². The number of nitrogens with zero attached hydrogens (tertiary/aromatic N) is 1. The van der Waals surface area contributed by atoms with Crippen molar-refractivity contribution in [2.24, 2.45) is 0 Å². The van der Waals surface area contributed by atoms with Gasteiger partial charge in [0.05, 0.1) is 28.5 Å². The van der Waals surface area contributed by atoms with E-state index in [4.69, 9.17) is 23.2 Å². The average molecular weight is 415 g/mol. The number of nitrogens with one attached hydrogen (secondary N) is 1. The summed E-state index contributed by atoms with van der Waals surface area (Å²) in [6, 6.07) is 11.6. The Kier molecular flexibility index (Phi) is 6.92. The van der Waals surface area contributed by atoms with E-state index in [1.165, 1.54) is 4.31 Å². The highest BCUT2D eigenvalue weighted by atomic mass is 35.5. The largest absolute Gasteiger partial charge is 0.352 e. The maximum absolute atomic E-state index is 12.3. The van der Waals surface area contributed by atoms with Gasteiger partial charge in [0.1, 0.15) is 0 Å². The summed E-state index contributed by atoms with van der Waals surface area (Å²) in [5.74, 6) is -0.156. The van der Waals surface area contributed by atoms with Gasteiger partial charge in [-0.05, 0) is 36.2 Å². The van der Waals surface area contributed by atoms with Gasteiger partial charge < -0.3 is 5.32 Å². The minimum atomic E-state index is -3.58. The molecule has 0 aliphatic rings. The molecule has 0 spiro atoms. The topological polar surface area (TPSA) is 66.5 Å². The monoisotopic (exact) mass is 414 g/mol. The highest BCUT2D eigenvalue weighted by molar-refractivity contribution is 7.92. The third-order valence-electron chi connectivity index (χ3n) is 3.68. The Hall–Kier alpha value is -1.76. The molecule has 2 aromatic rings. The van der Waals surface area contributed by atoms with E-state index in [9.17, 15) is 13.2 Å². The van der Waals surface area contributed by atoms with Crippen LogP contribution >= 0.6 is 23.2 Å². The fourth-order valence-corrected chi connectivity index (χ4v) is 3.67. The molecule has 0 aliphatic carbocycles. The predicted molar refractivity (Wildman–Crippen MR) is 107 cm³/mol. The van der Waals surface area contributed by atoms with E-state index in [-0.39, 0.29) is 22.5 Å². The maximum atomic E-state index is 12.3. The predicted octanol–water partition coefficient (Wildman–Crippen LogP) is 4.10. The van der Waals surface area contributed by atoms with E-state index in [2.05, 4.69) is 5.32 Å². The van der Waals surface area contributed by atoms with E-state index in [1.807, 2.05) is 6.92 Å². The molecule has 1 N–H and O–H groups in total. The molecular formula is C18H20Cl2N2O3S. The summed E-state index contributed by atoms with van der Waals surface area (Å²) < 4.78 is 25.7. The van der Waals surface area contributed by atoms with Crippen LogP contribution in [-0.2, 0) is 16.6 Å². The van der Waals surface area contributed by atoms with Crippen molar-refractivity contribution in [3.8, 4) is 0 Å². The van der Waals surface area contributed by atoms with Gasteiger partial charge in [-0.3, -0.25) is 9.10 Å². The zero-order valence-electron chi connectivity index (χ0n) is 14.5.